The predicted octanol–water partition coefficient (Wildman–Crippen LogP) is 2.55. The first kappa shape index (κ1) is 14.1. The van der Waals surface area contributed by atoms with Crippen LogP contribution in [0.1, 0.15) is 50.8 Å². The van der Waals surface area contributed by atoms with Gasteiger partial charge in [-0.15, -0.1) is 0 Å². The Bertz CT molecular complexity index is 462. The fraction of sp³-hybridized carbons (Fsp3) is 0.562. The molecule has 1 aromatic rings. The zero-order valence-corrected chi connectivity index (χ0v) is 12.1. The number of carbonyl (C=O) groups is 1. The molecule has 3 nitrogen and oxygen atoms in total. The highest BCUT2D eigenvalue weighted by Crippen LogP contribution is 2.30. The Morgan fingerprint density at radius 1 is 1.37 bits per heavy atom. The summed E-state index contributed by atoms with van der Waals surface area (Å²) in [6, 6.07) is 8.00. The maximum absolute atomic E-state index is 12.2. The topological polar surface area (TPSA) is 55.1 Å². The van der Waals surface area contributed by atoms with Crippen molar-refractivity contribution < 1.29 is 4.79 Å². The fourth-order valence-electron chi connectivity index (χ4n) is 2.56. The molecule has 3 heteroatoms. The van der Waals surface area contributed by atoms with Gasteiger partial charge in [-0.25, -0.2) is 0 Å². The molecule has 1 aliphatic rings. The number of hydrogen-bond donors (Lipinski definition) is 2. The van der Waals surface area contributed by atoms with Gasteiger partial charge in [-0.2, -0.15) is 0 Å². The van der Waals surface area contributed by atoms with Gasteiger partial charge in [-0.05, 0) is 35.8 Å². The minimum Gasteiger partial charge on any atom is -0.348 e. The molecule has 0 heterocycles. The average Bonchev–Trinajstić information content (AvgIpc) is 2.37. The quantitative estimate of drug-likeness (QED) is 0.858. The van der Waals surface area contributed by atoms with Crippen molar-refractivity contribution in [3.63, 3.8) is 0 Å². The molecule has 2 atom stereocenters. The third-order valence-electron chi connectivity index (χ3n) is 3.90. The second-order valence-corrected chi connectivity index (χ2v) is 6.50. The number of hydrogen-bond acceptors (Lipinski definition) is 2. The standard InChI is InChI=1S/C16H24N2O/c1-16(2,3)14(17)15(19)18-13-10-6-8-11-7-4-5-9-12(11)13/h4-5,7,9,13-14H,6,8,10,17H2,1-3H3,(H,18,19). The van der Waals surface area contributed by atoms with Crippen molar-refractivity contribution in [1.29, 1.82) is 0 Å². The van der Waals surface area contributed by atoms with Gasteiger partial charge in [0.25, 0.3) is 0 Å². The molecular weight excluding hydrogens is 236 g/mol. The van der Waals surface area contributed by atoms with Crippen molar-refractivity contribution in [3.05, 3.63) is 35.4 Å². The number of rotatable bonds is 2. The third-order valence-corrected chi connectivity index (χ3v) is 3.90. The normalized spacial score (nSPS) is 20.5. The minimum atomic E-state index is -0.471. The van der Waals surface area contributed by atoms with Gasteiger partial charge in [0.05, 0.1) is 12.1 Å². The van der Waals surface area contributed by atoms with Gasteiger partial charge in [0.15, 0.2) is 0 Å². The molecule has 1 aliphatic carbocycles. The van der Waals surface area contributed by atoms with Gasteiger partial charge >= 0.3 is 0 Å². The van der Waals surface area contributed by atoms with E-state index in [1.165, 1.54) is 11.1 Å². The zero-order valence-electron chi connectivity index (χ0n) is 12.1. The molecule has 19 heavy (non-hydrogen) atoms. The first-order valence-corrected chi connectivity index (χ1v) is 7.03. The smallest absolute Gasteiger partial charge is 0.237 e. The van der Waals surface area contributed by atoms with Gasteiger partial charge in [-0.1, -0.05) is 45.0 Å². The van der Waals surface area contributed by atoms with E-state index in [1.54, 1.807) is 0 Å². The average molecular weight is 260 g/mol. The monoisotopic (exact) mass is 260 g/mol. The van der Waals surface area contributed by atoms with Gasteiger partial charge in [0.2, 0.25) is 5.91 Å². The van der Waals surface area contributed by atoms with Gasteiger partial charge in [0, 0.05) is 0 Å². The Balaban J connectivity index is 2.11. The van der Waals surface area contributed by atoms with Crippen molar-refractivity contribution >= 4 is 5.91 Å². The highest BCUT2D eigenvalue weighted by molar-refractivity contribution is 5.82. The van der Waals surface area contributed by atoms with E-state index in [2.05, 4.69) is 23.5 Å². The lowest BCUT2D eigenvalue weighted by molar-refractivity contribution is -0.125. The SMILES string of the molecule is CC(C)(C)C(N)C(=O)NC1CCCc2ccccc21. The Morgan fingerprint density at radius 3 is 2.74 bits per heavy atom. The van der Waals surface area contributed by atoms with Crippen LogP contribution >= 0.6 is 0 Å². The molecule has 2 rings (SSSR count). The molecule has 0 radical (unpaired) electrons. The highest BCUT2D eigenvalue weighted by atomic mass is 16.2. The lowest BCUT2D eigenvalue weighted by Crippen LogP contribution is -2.49. The van der Waals surface area contributed by atoms with Crippen molar-refractivity contribution in [1.82, 2.24) is 5.32 Å². The summed E-state index contributed by atoms with van der Waals surface area (Å²) in [6.45, 7) is 5.98. The van der Waals surface area contributed by atoms with E-state index >= 15 is 0 Å². The molecule has 0 saturated heterocycles. The number of aryl methyl sites for hydroxylation is 1. The van der Waals surface area contributed by atoms with Crippen molar-refractivity contribution in [2.24, 2.45) is 11.1 Å². The number of nitrogens with one attached hydrogen (secondary N) is 1. The maximum atomic E-state index is 12.2. The van der Waals surface area contributed by atoms with Crippen LogP contribution < -0.4 is 11.1 Å². The summed E-state index contributed by atoms with van der Waals surface area (Å²) in [5.74, 6) is -0.0470. The lowest BCUT2D eigenvalue weighted by atomic mass is 9.85. The van der Waals surface area contributed by atoms with Crippen LogP contribution in [0, 0.1) is 5.41 Å². The molecule has 0 aromatic heterocycles. The number of amides is 1. The molecule has 0 fully saturated rings. The number of nitrogens with two attached hydrogens (primary N) is 1. The summed E-state index contributed by atoms with van der Waals surface area (Å²) in [5.41, 5.74) is 8.41. The second kappa shape index (κ2) is 5.33. The van der Waals surface area contributed by atoms with Gasteiger partial charge in [-0.3, -0.25) is 4.79 Å². The van der Waals surface area contributed by atoms with Gasteiger partial charge in [0.1, 0.15) is 0 Å². The van der Waals surface area contributed by atoms with Crippen LogP contribution in [0.25, 0.3) is 0 Å². The van der Waals surface area contributed by atoms with Crippen LogP contribution in [0.3, 0.4) is 0 Å². The molecule has 0 spiro atoms. The summed E-state index contributed by atoms with van der Waals surface area (Å²) in [6.07, 6.45) is 3.22. The highest BCUT2D eigenvalue weighted by Gasteiger charge is 2.30. The van der Waals surface area contributed by atoms with E-state index in [0.29, 0.717) is 0 Å². The Kier molecular flexibility index (Phi) is 3.95. The Morgan fingerprint density at radius 2 is 2.05 bits per heavy atom. The lowest BCUT2D eigenvalue weighted by Gasteiger charge is -2.31. The summed E-state index contributed by atoms with van der Waals surface area (Å²) >= 11 is 0. The maximum Gasteiger partial charge on any atom is 0.237 e. The molecule has 1 amide bonds. The summed E-state index contributed by atoms with van der Waals surface area (Å²) in [5, 5.41) is 3.12. The van der Waals surface area contributed by atoms with E-state index in [0.717, 1.165) is 19.3 Å². The molecular formula is C16H24N2O. The summed E-state index contributed by atoms with van der Waals surface area (Å²) in [7, 11) is 0. The summed E-state index contributed by atoms with van der Waals surface area (Å²) in [4.78, 5) is 12.2. The third kappa shape index (κ3) is 3.16. The molecule has 0 saturated carbocycles. The first-order valence-electron chi connectivity index (χ1n) is 7.03. The van der Waals surface area contributed by atoms with E-state index in [1.807, 2.05) is 26.8 Å². The number of benzene rings is 1. The van der Waals surface area contributed by atoms with E-state index in [9.17, 15) is 4.79 Å². The fourth-order valence-corrected chi connectivity index (χ4v) is 2.56. The van der Waals surface area contributed by atoms with Crippen molar-refractivity contribution in [2.75, 3.05) is 0 Å². The van der Waals surface area contributed by atoms with Crippen LogP contribution in [-0.2, 0) is 11.2 Å². The minimum absolute atomic E-state index is 0.0470. The van der Waals surface area contributed by atoms with Crippen LogP contribution in [0.4, 0.5) is 0 Å². The van der Waals surface area contributed by atoms with Crippen LogP contribution in [0.5, 0.6) is 0 Å². The van der Waals surface area contributed by atoms with Crippen molar-refractivity contribution in [3.8, 4) is 0 Å². The number of carbonyl (C=O) groups excluding carboxylic acids is 1. The molecule has 3 N–H and O–H groups in total. The number of fused-ring (bicyclic) bond motifs is 1. The Hall–Kier alpha value is -1.35. The Labute approximate surface area is 115 Å². The van der Waals surface area contributed by atoms with Crippen molar-refractivity contribution in [2.45, 2.75) is 52.1 Å². The largest absolute Gasteiger partial charge is 0.348 e. The zero-order chi connectivity index (χ0) is 14.0. The molecule has 0 aliphatic heterocycles. The molecule has 104 valence electrons. The van der Waals surface area contributed by atoms with E-state index in [-0.39, 0.29) is 17.4 Å². The van der Waals surface area contributed by atoms with Crippen LogP contribution in [-0.4, -0.2) is 11.9 Å². The van der Waals surface area contributed by atoms with E-state index < -0.39 is 6.04 Å². The predicted molar refractivity (Wildman–Crippen MR) is 77.7 cm³/mol. The molecule has 2 unspecified atom stereocenters. The first-order chi connectivity index (χ1) is 8.89. The molecule has 1 aromatic carbocycles. The van der Waals surface area contributed by atoms with Crippen LogP contribution in [0.2, 0.25) is 0 Å². The second-order valence-electron chi connectivity index (χ2n) is 6.50. The summed E-state index contributed by atoms with van der Waals surface area (Å²) < 4.78 is 0. The van der Waals surface area contributed by atoms with Gasteiger partial charge < -0.3 is 11.1 Å². The van der Waals surface area contributed by atoms with Crippen LogP contribution in [0.15, 0.2) is 24.3 Å². The van der Waals surface area contributed by atoms with E-state index in [4.69, 9.17) is 5.73 Å². The molecule has 0 bridgehead atoms.